The van der Waals surface area contributed by atoms with Gasteiger partial charge in [0.2, 0.25) is 0 Å². The fourth-order valence-electron chi connectivity index (χ4n) is 3.39. The minimum atomic E-state index is -0.0827. The SMILES string of the molecule is CCOC(=O)CCCCCCNC(=NC)N1CCC(Oc2ccccc2)CC1. The molecule has 0 aromatic heterocycles. The van der Waals surface area contributed by atoms with Crippen LogP contribution in [-0.4, -0.2) is 56.2 Å². The molecule has 156 valence electrons. The fraction of sp³-hybridized carbons (Fsp3) is 0.636. The first-order valence-electron chi connectivity index (χ1n) is 10.6. The highest BCUT2D eigenvalue weighted by atomic mass is 16.5. The van der Waals surface area contributed by atoms with Gasteiger partial charge < -0.3 is 19.7 Å². The molecule has 0 radical (unpaired) electrons. The summed E-state index contributed by atoms with van der Waals surface area (Å²) in [5, 5.41) is 3.47. The maximum absolute atomic E-state index is 11.3. The first-order valence-corrected chi connectivity index (χ1v) is 10.6. The number of esters is 1. The van der Waals surface area contributed by atoms with Gasteiger partial charge in [0, 0.05) is 45.9 Å². The average Bonchev–Trinajstić information content (AvgIpc) is 2.72. The van der Waals surface area contributed by atoms with Gasteiger partial charge in [-0.3, -0.25) is 9.79 Å². The van der Waals surface area contributed by atoms with Crippen LogP contribution in [0.3, 0.4) is 0 Å². The lowest BCUT2D eigenvalue weighted by Crippen LogP contribution is -2.47. The number of likely N-dealkylation sites (tertiary alicyclic amines) is 1. The number of nitrogens with one attached hydrogen (secondary N) is 1. The molecule has 0 unspecified atom stereocenters. The van der Waals surface area contributed by atoms with Gasteiger partial charge in [-0.1, -0.05) is 31.0 Å². The van der Waals surface area contributed by atoms with Crippen molar-refractivity contribution in [2.24, 2.45) is 4.99 Å². The lowest BCUT2D eigenvalue weighted by molar-refractivity contribution is -0.143. The summed E-state index contributed by atoms with van der Waals surface area (Å²) in [6.07, 6.45) is 6.96. The van der Waals surface area contributed by atoms with Crippen molar-refractivity contribution in [3.8, 4) is 5.75 Å². The van der Waals surface area contributed by atoms with Crippen LogP contribution in [0.4, 0.5) is 0 Å². The fourth-order valence-corrected chi connectivity index (χ4v) is 3.39. The average molecular weight is 390 g/mol. The maximum Gasteiger partial charge on any atom is 0.305 e. The molecule has 1 N–H and O–H groups in total. The Morgan fingerprint density at radius 2 is 1.86 bits per heavy atom. The summed E-state index contributed by atoms with van der Waals surface area (Å²) in [4.78, 5) is 18.0. The van der Waals surface area contributed by atoms with Crippen LogP contribution >= 0.6 is 0 Å². The van der Waals surface area contributed by atoms with E-state index in [2.05, 4.69) is 15.2 Å². The second-order valence-electron chi connectivity index (χ2n) is 7.06. The molecule has 1 aromatic rings. The van der Waals surface area contributed by atoms with Crippen molar-refractivity contribution >= 4 is 11.9 Å². The Balaban J connectivity index is 1.57. The number of aliphatic imine (C=N–C) groups is 1. The van der Waals surface area contributed by atoms with Crippen LogP contribution in [0.15, 0.2) is 35.3 Å². The van der Waals surface area contributed by atoms with Crippen molar-refractivity contribution in [1.82, 2.24) is 10.2 Å². The minimum absolute atomic E-state index is 0.0827. The molecule has 1 fully saturated rings. The summed E-state index contributed by atoms with van der Waals surface area (Å²) >= 11 is 0. The molecule has 28 heavy (non-hydrogen) atoms. The number of hydrogen-bond acceptors (Lipinski definition) is 4. The summed E-state index contributed by atoms with van der Waals surface area (Å²) in [5.41, 5.74) is 0. The number of piperidine rings is 1. The molecule has 0 bridgehead atoms. The molecule has 6 heteroatoms. The molecule has 1 aliphatic heterocycles. The molecular formula is C22H35N3O3. The number of unbranched alkanes of at least 4 members (excludes halogenated alkanes) is 3. The Bertz CT molecular complexity index is 584. The highest BCUT2D eigenvalue weighted by Crippen LogP contribution is 2.18. The van der Waals surface area contributed by atoms with Gasteiger partial charge in [0.05, 0.1) is 6.61 Å². The van der Waals surface area contributed by atoms with Crippen molar-refractivity contribution in [2.75, 3.05) is 33.3 Å². The predicted molar refractivity (Wildman–Crippen MR) is 113 cm³/mol. The Morgan fingerprint density at radius 3 is 2.54 bits per heavy atom. The zero-order valence-corrected chi connectivity index (χ0v) is 17.4. The van der Waals surface area contributed by atoms with Crippen molar-refractivity contribution in [3.63, 3.8) is 0 Å². The van der Waals surface area contributed by atoms with Crippen LogP contribution in [0.25, 0.3) is 0 Å². The Hall–Kier alpha value is -2.24. The van der Waals surface area contributed by atoms with Crippen LogP contribution in [0.2, 0.25) is 0 Å². The van der Waals surface area contributed by atoms with Gasteiger partial charge >= 0.3 is 5.97 Å². The van der Waals surface area contributed by atoms with E-state index in [9.17, 15) is 4.79 Å². The standard InChI is InChI=1S/C22H35N3O3/c1-3-27-21(26)13-9-4-5-10-16-24-22(23-2)25-17-14-20(15-18-25)28-19-11-7-6-8-12-19/h6-8,11-12,20H,3-5,9-10,13-18H2,1-2H3,(H,23,24). The molecule has 1 aliphatic rings. The summed E-state index contributed by atoms with van der Waals surface area (Å²) in [6.45, 7) is 5.13. The monoisotopic (exact) mass is 389 g/mol. The number of para-hydroxylation sites is 1. The molecule has 2 rings (SSSR count). The highest BCUT2D eigenvalue weighted by Gasteiger charge is 2.22. The topological polar surface area (TPSA) is 63.2 Å². The van der Waals surface area contributed by atoms with Crippen LogP contribution in [0.5, 0.6) is 5.75 Å². The van der Waals surface area contributed by atoms with Gasteiger partial charge in [-0.2, -0.15) is 0 Å². The number of benzene rings is 1. The van der Waals surface area contributed by atoms with Crippen LogP contribution < -0.4 is 10.1 Å². The molecule has 0 spiro atoms. The van der Waals surface area contributed by atoms with E-state index in [1.165, 1.54) is 0 Å². The largest absolute Gasteiger partial charge is 0.490 e. The molecule has 0 aliphatic carbocycles. The van der Waals surface area contributed by atoms with Crippen molar-refractivity contribution in [3.05, 3.63) is 30.3 Å². The van der Waals surface area contributed by atoms with Gasteiger partial charge in [0.15, 0.2) is 5.96 Å². The molecule has 6 nitrogen and oxygen atoms in total. The van der Waals surface area contributed by atoms with E-state index in [4.69, 9.17) is 9.47 Å². The Labute approximate surface area is 169 Å². The van der Waals surface area contributed by atoms with Gasteiger partial charge in [0.25, 0.3) is 0 Å². The van der Waals surface area contributed by atoms with E-state index in [0.717, 1.165) is 69.9 Å². The smallest absolute Gasteiger partial charge is 0.305 e. The highest BCUT2D eigenvalue weighted by molar-refractivity contribution is 5.79. The van der Waals surface area contributed by atoms with Gasteiger partial charge in [-0.15, -0.1) is 0 Å². The van der Waals surface area contributed by atoms with Gasteiger partial charge in [-0.25, -0.2) is 0 Å². The number of guanidine groups is 1. The van der Waals surface area contributed by atoms with E-state index in [0.29, 0.717) is 13.0 Å². The number of nitrogens with zero attached hydrogens (tertiary/aromatic N) is 2. The zero-order valence-electron chi connectivity index (χ0n) is 17.4. The number of rotatable bonds is 10. The third kappa shape index (κ3) is 8.19. The summed E-state index contributed by atoms with van der Waals surface area (Å²) in [7, 11) is 1.84. The van der Waals surface area contributed by atoms with E-state index in [1.807, 2.05) is 44.3 Å². The maximum atomic E-state index is 11.3. The van der Waals surface area contributed by atoms with E-state index >= 15 is 0 Å². The molecule has 1 heterocycles. The van der Waals surface area contributed by atoms with E-state index in [-0.39, 0.29) is 12.1 Å². The van der Waals surface area contributed by atoms with E-state index < -0.39 is 0 Å². The number of ether oxygens (including phenoxy) is 2. The van der Waals surface area contributed by atoms with Gasteiger partial charge in [-0.05, 0) is 31.9 Å². The molecule has 1 aromatic carbocycles. The Kier molecular flexibility index (Phi) is 10.3. The van der Waals surface area contributed by atoms with Crippen LogP contribution in [0.1, 0.15) is 51.9 Å². The molecule has 0 saturated carbocycles. The second-order valence-corrected chi connectivity index (χ2v) is 7.06. The summed E-state index contributed by atoms with van der Waals surface area (Å²) in [5.74, 6) is 1.84. The summed E-state index contributed by atoms with van der Waals surface area (Å²) in [6, 6.07) is 10.0. The minimum Gasteiger partial charge on any atom is -0.490 e. The third-order valence-electron chi connectivity index (χ3n) is 4.90. The predicted octanol–water partition coefficient (Wildman–Crippen LogP) is 3.62. The van der Waals surface area contributed by atoms with Crippen molar-refractivity contribution in [2.45, 2.75) is 58.0 Å². The normalized spacial score (nSPS) is 15.4. The molecule has 0 amide bonds. The molecular weight excluding hydrogens is 354 g/mol. The first kappa shape index (κ1) is 22.1. The lowest BCUT2D eigenvalue weighted by atomic mass is 10.1. The van der Waals surface area contributed by atoms with Crippen LogP contribution in [0, 0.1) is 0 Å². The number of hydrogen-bond donors (Lipinski definition) is 1. The second kappa shape index (κ2) is 13.0. The number of carbonyl (C=O) groups is 1. The van der Waals surface area contributed by atoms with E-state index in [1.54, 1.807) is 0 Å². The third-order valence-corrected chi connectivity index (χ3v) is 4.90. The zero-order chi connectivity index (χ0) is 20.0. The Morgan fingerprint density at radius 1 is 1.14 bits per heavy atom. The first-order chi connectivity index (χ1) is 13.7. The van der Waals surface area contributed by atoms with Crippen molar-refractivity contribution in [1.29, 1.82) is 0 Å². The lowest BCUT2D eigenvalue weighted by Gasteiger charge is -2.34. The quantitative estimate of drug-likeness (QED) is 0.287. The van der Waals surface area contributed by atoms with Gasteiger partial charge in [0.1, 0.15) is 11.9 Å². The summed E-state index contributed by atoms with van der Waals surface area (Å²) < 4.78 is 11.0. The molecule has 1 saturated heterocycles. The van der Waals surface area contributed by atoms with Crippen LogP contribution in [-0.2, 0) is 9.53 Å². The van der Waals surface area contributed by atoms with Crippen molar-refractivity contribution < 1.29 is 14.3 Å². The number of carbonyl (C=O) groups excluding carboxylic acids is 1. The molecule has 0 atom stereocenters.